The van der Waals surface area contributed by atoms with Crippen LogP contribution in [0.1, 0.15) is 21.6 Å². The zero-order chi connectivity index (χ0) is 14.0. The molecule has 1 aromatic carbocycles. The van der Waals surface area contributed by atoms with Crippen LogP contribution < -0.4 is 5.32 Å². The van der Waals surface area contributed by atoms with E-state index in [4.69, 9.17) is 0 Å². The van der Waals surface area contributed by atoms with Gasteiger partial charge in [0.25, 0.3) is 5.91 Å². The van der Waals surface area contributed by atoms with Crippen LogP contribution in [0, 0.1) is 13.8 Å². The van der Waals surface area contributed by atoms with Crippen LogP contribution in [0.5, 0.6) is 5.75 Å². The van der Waals surface area contributed by atoms with Crippen LogP contribution in [0.3, 0.4) is 0 Å². The molecule has 0 unspecified atom stereocenters. The second kappa shape index (κ2) is 5.40. The first-order valence-electron chi connectivity index (χ1n) is 5.71. The van der Waals surface area contributed by atoms with Crippen LogP contribution in [0.15, 0.2) is 34.8 Å². The maximum absolute atomic E-state index is 12.1. The van der Waals surface area contributed by atoms with Gasteiger partial charge in [0.15, 0.2) is 0 Å². The van der Waals surface area contributed by atoms with E-state index in [1.165, 1.54) is 6.07 Å². The van der Waals surface area contributed by atoms with E-state index in [0.717, 1.165) is 15.7 Å². The molecule has 0 saturated heterocycles. The molecule has 0 bridgehead atoms. The zero-order valence-electron chi connectivity index (χ0n) is 10.6. The van der Waals surface area contributed by atoms with Crippen LogP contribution >= 0.6 is 15.9 Å². The van der Waals surface area contributed by atoms with E-state index in [0.29, 0.717) is 5.82 Å². The monoisotopic (exact) mass is 320 g/mol. The fourth-order valence-corrected chi connectivity index (χ4v) is 2.14. The number of hydrogen-bond acceptors (Lipinski definition) is 3. The van der Waals surface area contributed by atoms with Crippen LogP contribution in [0.25, 0.3) is 0 Å². The van der Waals surface area contributed by atoms with Crippen molar-refractivity contribution in [1.29, 1.82) is 0 Å². The molecule has 4 nitrogen and oxygen atoms in total. The Bertz CT molecular complexity index is 621. The normalized spacial score (nSPS) is 10.3. The zero-order valence-corrected chi connectivity index (χ0v) is 12.2. The standard InChI is InChI=1S/C14H13BrN2O2/c1-8-5-9(2)16-13(6-8)17-14(19)11-7-10(15)3-4-12(11)18/h3-7,18H,1-2H3,(H,16,17,19). The quantitative estimate of drug-likeness (QED) is 0.891. The first kappa shape index (κ1) is 13.5. The Morgan fingerprint density at radius 3 is 2.68 bits per heavy atom. The predicted octanol–water partition coefficient (Wildman–Crippen LogP) is 3.42. The fourth-order valence-electron chi connectivity index (χ4n) is 1.78. The number of aromatic nitrogens is 1. The number of nitrogens with one attached hydrogen (secondary N) is 1. The Hall–Kier alpha value is -1.88. The third-order valence-corrected chi connectivity index (χ3v) is 3.04. The average molecular weight is 321 g/mol. The molecule has 1 aromatic heterocycles. The number of rotatable bonds is 2. The van der Waals surface area contributed by atoms with Gasteiger partial charge in [0.05, 0.1) is 5.56 Å². The van der Waals surface area contributed by atoms with E-state index >= 15 is 0 Å². The molecule has 0 aliphatic rings. The largest absolute Gasteiger partial charge is 0.507 e. The van der Waals surface area contributed by atoms with Crippen molar-refractivity contribution in [2.24, 2.45) is 0 Å². The van der Waals surface area contributed by atoms with Crippen molar-refractivity contribution in [2.45, 2.75) is 13.8 Å². The highest BCUT2D eigenvalue weighted by Crippen LogP contribution is 2.22. The summed E-state index contributed by atoms with van der Waals surface area (Å²) in [6.45, 7) is 3.79. The molecule has 0 spiro atoms. The summed E-state index contributed by atoms with van der Waals surface area (Å²) >= 11 is 3.27. The van der Waals surface area contributed by atoms with E-state index in [1.54, 1.807) is 18.2 Å². The number of anilines is 1. The third-order valence-electron chi connectivity index (χ3n) is 2.54. The number of hydrogen-bond donors (Lipinski definition) is 2. The lowest BCUT2D eigenvalue weighted by atomic mass is 10.2. The van der Waals surface area contributed by atoms with Crippen LogP contribution in [-0.2, 0) is 0 Å². The van der Waals surface area contributed by atoms with Crippen molar-refractivity contribution in [2.75, 3.05) is 5.32 Å². The Balaban J connectivity index is 2.28. The van der Waals surface area contributed by atoms with E-state index in [1.807, 2.05) is 19.9 Å². The average Bonchev–Trinajstić information content (AvgIpc) is 2.30. The number of phenols is 1. The molecule has 0 fully saturated rings. The molecule has 2 N–H and O–H groups in total. The van der Waals surface area contributed by atoms with Gasteiger partial charge in [0.2, 0.25) is 0 Å². The number of halogens is 1. The maximum Gasteiger partial charge on any atom is 0.260 e. The van der Waals surface area contributed by atoms with E-state index < -0.39 is 5.91 Å². The van der Waals surface area contributed by atoms with Gasteiger partial charge in [0.1, 0.15) is 11.6 Å². The summed E-state index contributed by atoms with van der Waals surface area (Å²) in [5.41, 5.74) is 2.05. The SMILES string of the molecule is Cc1cc(C)nc(NC(=O)c2cc(Br)ccc2O)c1. The molecular formula is C14H13BrN2O2. The second-order valence-electron chi connectivity index (χ2n) is 4.29. The van der Waals surface area contributed by atoms with Crippen molar-refractivity contribution in [1.82, 2.24) is 4.98 Å². The van der Waals surface area contributed by atoms with Gasteiger partial charge in [-0.2, -0.15) is 0 Å². The Labute approximate surface area is 119 Å². The first-order chi connectivity index (χ1) is 8.95. The van der Waals surface area contributed by atoms with Crippen molar-refractivity contribution in [3.05, 3.63) is 51.6 Å². The third kappa shape index (κ3) is 3.32. The lowest BCUT2D eigenvalue weighted by Gasteiger charge is -2.08. The minimum Gasteiger partial charge on any atom is -0.507 e. The highest BCUT2D eigenvalue weighted by molar-refractivity contribution is 9.10. The van der Waals surface area contributed by atoms with Crippen molar-refractivity contribution in [3.8, 4) is 5.75 Å². The fraction of sp³-hybridized carbons (Fsp3) is 0.143. The van der Waals surface area contributed by atoms with Gasteiger partial charge >= 0.3 is 0 Å². The lowest BCUT2D eigenvalue weighted by molar-refractivity contribution is 0.102. The number of aromatic hydroxyl groups is 1. The Kier molecular flexibility index (Phi) is 3.85. The highest BCUT2D eigenvalue weighted by atomic mass is 79.9. The number of amides is 1. The van der Waals surface area contributed by atoms with Gasteiger partial charge in [0, 0.05) is 10.2 Å². The van der Waals surface area contributed by atoms with E-state index in [2.05, 4.69) is 26.2 Å². The molecule has 2 aromatic rings. The van der Waals surface area contributed by atoms with E-state index in [-0.39, 0.29) is 11.3 Å². The van der Waals surface area contributed by atoms with Gasteiger partial charge in [-0.15, -0.1) is 0 Å². The van der Waals surface area contributed by atoms with Crippen LogP contribution in [0.4, 0.5) is 5.82 Å². The lowest BCUT2D eigenvalue weighted by Crippen LogP contribution is -2.13. The maximum atomic E-state index is 12.1. The van der Waals surface area contributed by atoms with Gasteiger partial charge < -0.3 is 10.4 Å². The summed E-state index contributed by atoms with van der Waals surface area (Å²) in [7, 11) is 0. The highest BCUT2D eigenvalue weighted by Gasteiger charge is 2.12. The van der Waals surface area contributed by atoms with Crippen LogP contribution in [0.2, 0.25) is 0 Å². The van der Waals surface area contributed by atoms with Gasteiger partial charge in [-0.25, -0.2) is 4.98 Å². The second-order valence-corrected chi connectivity index (χ2v) is 5.20. The van der Waals surface area contributed by atoms with Crippen LogP contribution in [-0.4, -0.2) is 16.0 Å². The number of phenolic OH excluding ortho intramolecular Hbond substituents is 1. The Morgan fingerprint density at radius 2 is 2.00 bits per heavy atom. The summed E-state index contributed by atoms with van der Waals surface area (Å²) in [6.07, 6.45) is 0. The minimum absolute atomic E-state index is 0.0647. The molecular weight excluding hydrogens is 308 g/mol. The molecule has 0 saturated carbocycles. The number of carbonyl (C=O) groups excluding carboxylic acids is 1. The number of aryl methyl sites for hydroxylation is 2. The minimum atomic E-state index is -0.392. The van der Waals surface area contributed by atoms with Crippen molar-refractivity contribution < 1.29 is 9.90 Å². The molecule has 1 heterocycles. The number of carbonyl (C=O) groups is 1. The summed E-state index contributed by atoms with van der Waals surface area (Å²) in [5.74, 6) is 0.0169. The summed E-state index contributed by atoms with van der Waals surface area (Å²) < 4.78 is 0.726. The summed E-state index contributed by atoms with van der Waals surface area (Å²) in [6, 6.07) is 8.40. The van der Waals surface area contributed by atoms with Crippen molar-refractivity contribution in [3.63, 3.8) is 0 Å². The Morgan fingerprint density at radius 1 is 1.26 bits per heavy atom. The van der Waals surface area contributed by atoms with Gasteiger partial charge in [-0.05, 0) is 49.7 Å². The van der Waals surface area contributed by atoms with Gasteiger partial charge in [-0.3, -0.25) is 4.79 Å². The van der Waals surface area contributed by atoms with Crippen molar-refractivity contribution >= 4 is 27.7 Å². The van der Waals surface area contributed by atoms with Gasteiger partial charge in [-0.1, -0.05) is 15.9 Å². The molecule has 98 valence electrons. The number of nitrogens with zero attached hydrogens (tertiary/aromatic N) is 1. The molecule has 1 amide bonds. The van der Waals surface area contributed by atoms with E-state index in [9.17, 15) is 9.90 Å². The molecule has 2 rings (SSSR count). The molecule has 0 aliphatic carbocycles. The molecule has 5 heteroatoms. The number of benzene rings is 1. The summed E-state index contributed by atoms with van der Waals surface area (Å²) in [4.78, 5) is 16.3. The molecule has 0 atom stereocenters. The molecule has 19 heavy (non-hydrogen) atoms. The first-order valence-corrected chi connectivity index (χ1v) is 6.50. The topological polar surface area (TPSA) is 62.2 Å². The predicted molar refractivity (Wildman–Crippen MR) is 77.5 cm³/mol. The smallest absolute Gasteiger partial charge is 0.260 e. The summed E-state index contributed by atoms with van der Waals surface area (Å²) in [5, 5.41) is 12.4. The molecule has 0 aliphatic heterocycles. The number of pyridine rings is 1. The molecule has 0 radical (unpaired) electrons.